The third-order valence-electron chi connectivity index (χ3n) is 2.76. The smallest absolute Gasteiger partial charge is 0.338 e. The van der Waals surface area contributed by atoms with Crippen molar-refractivity contribution in [1.82, 2.24) is 4.98 Å². The molecule has 0 unspecified atom stereocenters. The molecule has 0 atom stereocenters. The van der Waals surface area contributed by atoms with Crippen molar-refractivity contribution in [3.8, 4) is 0 Å². The van der Waals surface area contributed by atoms with Gasteiger partial charge in [0.1, 0.15) is 5.82 Å². The first kappa shape index (κ1) is 13.1. The molecule has 0 spiro atoms. The van der Waals surface area contributed by atoms with Crippen LogP contribution in [0.1, 0.15) is 17.3 Å². The van der Waals surface area contributed by atoms with Gasteiger partial charge in [0.25, 0.3) is 0 Å². The Hall–Kier alpha value is -2.36. The molecule has 1 aromatic carbocycles. The molecule has 1 heterocycles. The largest absolute Gasteiger partial charge is 0.462 e. The van der Waals surface area contributed by atoms with E-state index in [0.29, 0.717) is 12.2 Å². The maximum Gasteiger partial charge on any atom is 0.338 e. The van der Waals surface area contributed by atoms with E-state index in [1.54, 1.807) is 25.3 Å². The van der Waals surface area contributed by atoms with Gasteiger partial charge in [-0.25, -0.2) is 9.78 Å². The highest BCUT2D eigenvalue weighted by molar-refractivity contribution is 5.89. The second-order valence-corrected chi connectivity index (χ2v) is 4.01. The summed E-state index contributed by atoms with van der Waals surface area (Å²) < 4.78 is 4.95. The maximum absolute atomic E-state index is 11.5. The number of ether oxygens (including phenoxy) is 1. The molecule has 0 radical (unpaired) electrons. The van der Waals surface area contributed by atoms with Crippen LogP contribution in [0, 0.1) is 0 Å². The molecule has 0 aliphatic carbocycles. The highest BCUT2D eigenvalue weighted by Gasteiger charge is 2.08. The summed E-state index contributed by atoms with van der Waals surface area (Å²) in [7, 11) is 1.93. The zero-order valence-corrected chi connectivity index (χ0v) is 11.0. The molecule has 0 saturated carbocycles. The Labute approximate surface area is 112 Å². The maximum atomic E-state index is 11.5. The summed E-state index contributed by atoms with van der Waals surface area (Å²) >= 11 is 0. The van der Waals surface area contributed by atoms with Gasteiger partial charge in [0.05, 0.1) is 12.2 Å². The Balaban J connectivity index is 2.16. The predicted molar refractivity (Wildman–Crippen MR) is 74.7 cm³/mol. The lowest BCUT2D eigenvalue weighted by Gasteiger charge is -2.18. The first-order valence-electron chi connectivity index (χ1n) is 6.14. The molecule has 0 amide bonds. The lowest BCUT2D eigenvalue weighted by molar-refractivity contribution is 0.0526. The SMILES string of the molecule is CCOC(=O)c1ccc(N(C)c2ccccn2)cc1. The fourth-order valence-electron chi connectivity index (χ4n) is 1.72. The summed E-state index contributed by atoms with van der Waals surface area (Å²) in [5.74, 6) is 0.556. The fourth-order valence-corrected chi connectivity index (χ4v) is 1.72. The first-order valence-corrected chi connectivity index (χ1v) is 6.14. The van der Waals surface area contributed by atoms with E-state index in [1.807, 2.05) is 42.3 Å². The van der Waals surface area contributed by atoms with Crippen LogP contribution in [0.15, 0.2) is 48.7 Å². The van der Waals surface area contributed by atoms with Gasteiger partial charge in [0.15, 0.2) is 0 Å². The van der Waals surface area contributed by atoms with E-state index < -0.39 is 0 Å². The van der Waals surface area contributed by atoms with Gasteiger partial charge in [-0.3, -0.25) is 0 Å². The van der Waals surface area contributed by atoms with Gasteiger partial charge >= 0.3 is 5.97 Å². The van der Waals surface area contributed by atoms with Crippen molar-refractivity contribution >= 4 is 17.5 Å². The Kier molecular flexibility index (Phi) is 4.13. The minimum atomic E-state index is -0.297. The number of nitrogens with zero attached hydrogens (tertiary/aromatic N) is 2. The Bertz CT molecular complexity index is 538. The van der Waals surface area contributed by atoms with E-state index in [4.69, 9.17) is 4.74 Å². The van der Waals surface area contributed by atoms with Gasteiger partial charge in [0, 0.05) is 18.9 Å². The summed E-state index contributed by atoms with van der Waals surface area (Å²) in [6.07, 6.45) is 1.75. The van der Waals surface area contributed by atoms with Crippen molar-refractivity contribution in [2.45, 2.75) is 6.92 Å². The van der Waals surface area contributed by atoms with Gasteiger partial charge in [0.2, 0.25) is 0 Å². The average molecular weight is 256 g/mol. The number of rotatable bonds is 4. The van der Waals surface area contributed by atoms with Gasteiger partial charge < -0.3 is 9.64 Å². The van der Waals surface area contributed by atoms with E-state index in [2.05, 4.69) is 4.98 Å². The van der Waals surface area contributed by atoms with Crippen LogP contribution in [-0.4, -0.2) is 24.6 Å². The number of hydrogen-bond donors (Lipinski definition) is 0. The molecule has 0 aliphatic heterocycles. The van der Waals surface area contributed by atoms with Crippen LogP contribution in [0.4, 0.5) is 11.5 Å². The third kappa shape index (κ3) is 3.10. The molecular formula is C15H16N2O2. The molecule has 4 heteroatoms. The molecule has 0 bridgehead atoms. The van der Waals surface area contributed by atoms with E-state index in [0.717, 1.165) is 11.5 Å². The van der Waals surface area contributed by atoms with Crippen LogP contribution in [0.3, 0.4) is 0 Å². The van der Waals surface area contributed by atoms with Crippen LogP contribution in [-0.2, 0) is 4.74 Å². The molecule has 4 nitrogen and oxygen atoms in total. The highest BCUT2D eigenvalue weighted by atomic mass is 16.5. The molecule has 0 N–H and O–H groups in total. The second kappa shape index (κ2) is 6.00. The number of aromatic nitrogens is 1. The lowest BCUT2D eigenvalue weighted by atomic mass is 10.2. The standard InChI is InChI=1S/C15H16N2O2/c1-3-19-15(18)12-7-9-13(10-8-12)17(2)14-6-4-5-11-16-14/h4-11H,3H2,1-2H3. The zero-order chi connectivity index (χ0) is 13.7. The predicted octanol–water partition coefficient (Wildman–Crippen LogP) is 3.03. The molecule has 19 heavy (non-hydrogen) atoms. The van der Waals surface area contributed by atoms with Crippen molar-refractivity contribution < 1.29 is 9.53 Å². The summed E-state index contributed by atoms with van der Waals surface area (Å²) in [4.78, 5) is 17.8. The minimum absolute atomic E-state index is 0.297. The third-order valence-corrected chi connectivity index (χ3v) is 2.76. The summed E-state index contributed by atoms with van der Waals surface area (Å²) in [5, 5.41) is 0. The quantitative estimate of drug-likeness (QED) is 0.789. The van der Waals surface area contributed by atoms with Gasteiger partial charge in [-0.1, -0.05) is 6.07 Å². The molecule has 1 aromatic heterocycles. The number of esters is 1. The van der Waals surface area contributed by atoms with E-state index in [1.165, 1.54) is 0 Å². The molecule has 2 rings (SSSR count). The van der Waals surface area contributed by atoms with Crippen LogP contribution in [0.5, 0.6) is 0 Å². The Morgan fingerprint density at radius 2 is 1.95 bits per heavy atom. The number of hydrogen-bond acceptors (Lipinski definition) is 4. The summed E-state index contributed by atoms with van der Waals surface area (Å²) in [6.45, 7) is 2.18. The number of carbonyl (C=O) groups excluding carboxylic acids is 1. The topological polar surface area (TPSA) is 42.4 Å². The minimum Gasteiger partial charge on any atom is -0.462 e. The summed E-state index contributed by atoms with van der Waals surface area (Å²) in [5.41, 5.74) is 1.52. The number of benzene rings is 1. The van der Waals surface area contributed by atoms with Gasteiger partial charge in [-0.15, -0.1) is 0 Å². The van der Waals surface area contributed by atoms with Crippen molar-refractivity contribution in [2.75, 3.05) is 18.6 Å². The molecular weight excluding hydrogens is 240 g/mol. The fraction of sp³-hybridized carbons (Fsp3) is 0.200. The number of anilines is 2. The van der Waals surface area contributed by atoms with Gasteiger partial charge in [-0.05, 0) is 43.3 Å². The monoisotopic (exact) mass is 256 g/mol. The molecule has 2 aromatic rings. The Morgan fingerprint density at radius 3 is 2.53 bits per heavy atom. The number of carbonyl (C=O) groups is 1. The molecule has 0 fully saturated rings. The average Bonchev–Trinajstić information content (AvgIpc) is 2.48. The molecule has 0 aliphatic rings. The first-order chi connectivity index (χ1) is 9.22. The Morgan fingerprint density at radius 1 is 1.21 bits per heavy atom. The van der Waals surface area contributed by atoms with Crippen molar-refractivity contribution in [2.24, 2.45) is 0 Å². The van der Waals surface area contributed by atoms with Crippen LogP contribution < -0.4 is 4.90 Å². The normalized spacial score (nSPS) is 10.0. The van der Waals surface area contributed by atoms with E-state index >= 15 is 0 Å². The van der Waals surface area contributed by atoms with Crippen molar-refractivity contribution in [3.05, 3.63) is 54.2 Å². The zero-order valence-electron chi connectivity index (χ0n) is 11.0. The van der Waals surface area contributed by atoms with Crippen LogP contribution in [0.2, 0.25) is 0 Å². The van der Waals surface area contributed by atoms with E-state index in [9.17, 15) is 4.79 Å². The van der Waals surface area contributed by atoms with Crippen LogP contribution in [0.25, 0.3) is 0 Å². The van der Waals surface area contributed by atoms with Crippen LogP contribution >= 0.6 is 0 Å². The van der Waals surface area contributed by atoms with E-state index in [-0.39, 0.29) is 5.97 Å². The number of pyridine rings is 1. The van der Waals surface area contributed by atoms with Crippen molar-refractivity contribution in [1.29, 1.82) is 0 Å². The molecule has 98 valence electrons. The molecule has 0 saturated heterocycles. The van der Waals surface area contributed by atoms with Gasteiger partial charge in [-0.2, -0.15) is 0 Å². The lowest BCUT2D eigenvalue weighted by Crippen LogP contribution is -2.11. The van der Waals surface area contributed by atoms with Crippen molar-refractivity contribution in [3.63, 3.8) is 0 Å². The summed E-state index contributed by atoms with van der Waals surface area (Å²) in [6, 6.07) is 13.0. The highest BCUT2D eigenvalue weighted by Crippen LogP contribution is 2.21. The second-order valence-electron chi connectivity index (χ2n) is 4.01.